The SMILES string of the molecule is CC[C@H]1O[C@H](n2cc(F)c(=O)[nH]c2=O)[C@@H](F)C1N(C)O. The van der Waals surface area contributed by atoms with Crippen LogP contribution in [0.25, 0.3) is 0 Å². The molecule has 1 aromatic rings. The highest BCUT2D eigenvalue weighted by atomic mass is 19.1. The number of aromatic nitrogens is 2. The molecule has 4 atom stereocenters. The molecule has 0 aromatic carbocycles. The summed E-state index contributed by atoms with van der Waals surface area (Å²) in [5, 5.41) is 10.1. The third kappa shape index (κ3) is 2.39. The Morgan fingerprint density at radius 3 is 2.70 bits per heavy atom. The van der Waals surface area contributed by atoms with Crippen LogP contribution in [-0.4, -0.2) is 45.2 Å². The molecule has 0 saturated carbocycles. The molecular weight excluding hydrogens is 276 g/mol. The van der Waals surface area contributed by atoms with E-state index in [0.29, 0.717) is 22.2 Å². The van der Waals surface area contributed by atoms with Gasteiger partial charge < -0.3 is 9.94 Å². The lowest BCUT2D eigenvalue weighted by molar-refractivity contribution is -0.129. The average Bonchev–Trinajstić information content (AvgIpc) is 2.71. The van der Waals surface area contributed by atoms with Crippen molar-refractivity contribution in [2.75, 3.05) is 7.05 Å². The predicted molar refractivity (Wildman–Crippen MR) is 63.7 cm³/mol. The monoisotopic (exact) mass is 291 g/mol. The number of hydrogen-bond donors (Lipinski definition) is 2. The van der Waals surface area contributed by atoms with Crippen molar-refractivity contribution in [1.29, 1.82) is 0 Å². The Bertz CT molecular complexity index is 600. The Labute approximate surface area is 112 Å². The fourth-order valence-corrected chi connectivity index (χ4v) is 2.36. The molecule has 0 amide bonds. The first kappa shape index (κ1) is 14.8. The van der Waals surface area contributed by atoms with Crippen LogP contribution in [0.2, 0.25) is 0 Å². The van der Waals surface area contributed by atoms with Gasteiger partial charge in [0, 0.05) is 7.05 Å². The second-order valence-electron chi connectivity index (χ2n) is 4.63. The number of nitrogens with zero attached hydrogens (tertiary/aromatic N) is 2. The fraction of sp³-hybridized carbons (Fsp3) is 0.636. The molecular formula is C11H15F2N3O4. The Kier molecular flexibility index (Phi) is 4.02. The van der Waals surface area contributed by atoms with Crippen LogP contribution in [0.15, 0.2) is 15.8 Å². The summed E-state index contributed by atoms with van der Waals surface area (Å²) in [6, 6.07) is -0.980. The molecule has 9 heteroatoms. The van der Waals surface area contributed by atoms with Crippen LogP contribution >= 0.6 is 0 Å². The zero-order valence-corrected chi connectivity index (χ0v) is 10.9. The van der Waals surface area contributed by atoms with Crippen molar-refractivity contribution >= 4 is 0 Å². The van der Waals surface area contributed by atoms with Gasteiger partial charge in [-0.3, -0.25) is 14.3 Å². The number of ether oxygens (including phenoxy) is 1. The van der Waals surface area contributed by atoms with Crippen LogP contribution in [0, 0.1) is 5.82 Å². The van der Waals surface area contributed by atoms with Crippen molar-refractivity contribution in [3.63, 3.8) is 0 Å². The molecule has 1 saturated heterocycles. The van der Waals surface area contributed by atoms with E-state index in [-0.39, 0.29) is 0 Å². The van der Waals surface area contributed by atoms with Crippen LogP contribution < -0.4 is 11.2 Å². The van der Waals surface area contributed by atoms with E-state index in [1.165, 1.54) is 7.05 Å². The first-order chi connectivity index (χ1) is 9.36. The number of alkyl halides is 1. The van der Waals surface area contributed by atoms with E-state index in [1.807, 2.05) is 0 Å². The lowest BCUT2D eigenvalue weighted by Gasteiger charge is -2.23. The van der Waals surface area contributed by atoms with Crippen molar-refractivity contribution < 1.29 is 18.7 Å². The molecule has 20 heavy (non-hydrogen) atoms. The normalized spacial score (nSPS) is 30.1. The summed E-state index contributed by atoms with van der Waals surface area (Å²) in [6.45, 7) is 1.73. The largest absolute Gasteiger partial charge is 0.350 e. The smallest absolute Gasteiger partial charge is 0.330 e. The highest BCUT2D eigenvalue weighted by molar-refractivity contribution is 4.96. The molecule has 1 unspecified atom stereocenters. The van der Waals surface area contributed by atoms with Crippen molar-refractivity contribution in [2.45, 2.75) is 37.9 Å². The fourth-order valence-electron chi connectivity index (χ4n) is 2.36. The van der Waals surface area contributed by atoms with E-state index >= 15 is 0 Å². The maximum Gasteiger partial charge on any atom is 0.330 e. The first-order valence-electron chi connectivity index (χ1n) is 6.09. The lowest BCUT2D eigenvalue weighted by Crippen LogP contribution is -2.43. The van der Waals surface area contributed by atoms with Gasteiger partial charge in [-0.1, -0.05) is 6.92 Å². The second kappa shape index (κ2) is 5.43. The summed E-state index contributed by atoms with van der Waals surface area (Å²) in [5.74, 6) is -1.21. The minimum Gasteiger partial charge on any atom is -0.350 e. The van der Waals surface area contributed by atoms with E-state index < -0.39 is 41.6 Å². The molecule has 0 aliphatic carbocycles. The van der Waals surface area contributed by atoms with Crippen molar-refractivity contribution in [2.24, 2.45) is 0 Å². The summed E-state index contributed by atoms with van der Waals surface area (Å²) in [4.78, 5) is 24.3. The highest BCUT2D eigenvalue weighted by Crippen LogP contribution is 2.34. The van der Waals surface area contributed by atoms with Gasteiger partial charge in [-0.15, -0.1) is 0 Å². The number of H-pyrrole nitrogens is 1. The molecule has 1 aliphatic rings. The molecule has 1 aromatic heterocycles. The third-order valence-corrected chi connectivity index (χ3v) is 3.33. The Morgan fingerprint density at radius 1 is 1.55 bits per heavy atom. The Morgan fingerprint density at radius 2 is 2.20 bits per heavy atom. The number of rotatable bonds is 3. The van der Waals surface area contributed by atoms with E-state index in [4.69, 9.17) is 4.74 Å². The van der Waals surface area contributed by atoms with E-state index in [1.54, 1.807) is 11.9 Å². The molecule has 1 fully saturated rings. The van der Waals surface area contributed by atoms with Crippen LogP contribution in [0.5, 0.6) is 0 Å². The van der Waals surface area contributed by atoms with Gasteiger partial charge in [0.15, 0.2) is 12.4 Å². The van der Waals surface area contributed by atoms with Gasteiger partial charge in [-0.25, -0.2) is 9.18 Å². The van der Waals surface area contributed by atoms with E-state index in [0.717, 1.165) is 0 Å². The van der Waals surface area contributed by atoms with Gasteiger partial charge in [0.2, 0.25) is 5.82 Å². The van der Waals surface area contributed by atoms with E-state index in [2.05, 4.69) is 0 Å². The number of likely N-dealkylation sites (N-methyl/N-ethyl adjacent to an activating group) is 1. The molecule has 0 bridgehead atoms. The van der Waals surface area contributed by atoms with Gasteiger partial charge in [-0.05, 0) is 6.42 Å². The molecule has 2 N–H and O–H groups in total. The van der Waals surface area contributed by atoms with Crippen molar-refractivity contribution in [3.8, 4) is 0 Å². The maximum absolute atomic E-state index is 14.3. The second-order valence-corrected chi connectivity index (χ2v) is 4.63. The molecule has 0 spiro atoms. The minimum atomic E-state index is -1.75. The molecule has 0 radical (unpaired) electrons. The number of hydroxylamine groups is 2. The van der Waals surface area contributed by atoms with Crippen LogP contribution in [0.1, 0.15) is 19.6 Å². The Hall–Kier alpha value is -1.58. The molecule has 2 rings (SSSR count). The van der Waals surface area contributed by atoms with Gasteiger partial charge in [0.25, 0.3) is 5.56 Å². The minimum absolute atomic E-state index is 0.396. The number of nitrogens with one attached hydrogen (secondary N) is 1. The van der Waals surface area contributed by atoms with Crippen molar-refractivity contribution in [1.82, 2.24) is 14.6 Å². The van der Waals surface area contributed by atoms with Gasteiger partial charge in [0.1, 0.15) is 0 Å². The molecule has 2 heterocycles. The number of hydrogen-bond acceptors (Lipinski definition) is 5. The Balaban J connectivity index is 2.42. The predicted octanol–water partition coefficient (Wildman–Crippen LogP) is 0.0108. The van der Waals surface area contributed by atoms with Gasteiger partial charge in [0.05, 0.1) is 18.3 Å². The third-order valence-electron chi connectivity index (χ3n) is 3.33. The zero-order valence-electron chi connectivity index (χ0n) is 10.9. The van der Waals surface area contributed by atoms with Crippen LogP contribution in [0.4, 0.5) is 8.78 Å². The zero-order chi connectivity index (χ0) is 15.0. The summed E-state index contributed by atoms with van der Waals surface area (Å²) in [6.07, 6.45) is -2.82. The summed E-state index contributed by atoms with van der Waals surface area (Å²) in [7, 11) is 1.27. The van der Waals surface area contributed by atoms with Crippen LogP contribution in [-0.2, 0) is 4.74 Å². The first-order valence-corrected chi connectivity index (χ1v) is 6.09. The molecule has 112 valence electrons. The standard InChI is InChI=1S/C11H15F2N3O4/c1-3-6-8(15(2)19)7(13)10(20-6)16-4-5(12)9(17)14-11(16)18/h4,6-8,10,19H,3H2,1-2H3,(H,14,17,18)/t6-,7+,8?,10+/m1/s1. The van der Waals surface area contributed by atoms with Gasteiger partial charge in [-0.2, -0.15) is 9.45 Å². The number of halogens is 2. The maximum atomic E-state index is 14.3. The highest BCUT2D eigenvalue weighted by Gasteiger charge is 2.47. The van der Waals surface area contributed by atoms with Crippen LogP contribution in [0.3, 0.4) is 0 Å². The summed E-state index contributed by atoms with van der Waals surface area (Å²) >= 11 is 0. The molecule has 1 aliphatic heterocycles. The van der Waals surface area contributed by atoms with E-state index in [9.17, 15) is 23.6 Å². The average molecular weight is 291 g/mol. The topological polar surface area (TPSA) is 87.6 Å². The lowest BCUT2D eigenvalue weighted by atomic mass is 10.1. The quantitative estimate of drug-likeness (QED) is 0.766. The van der Waals surface area contributed by atoms with Crippen molar-refractivity contribution in [3.05, 3.63) is 32.9 Å². The molecule has 7 nitrogen and oxygen atoms in total. The number of aromatic amines is 1. The summed E-state index contributed by atoms with van der Waals surface area (Å²) < 4.78 is 33.6. The summed E-state index contributed by atoms with van der Waals surface area (Å²) in [5.41, 5.74) is -2.15. The van der Waals surface area contributed by atoms with Gasteiger partial charge >= 0.3 is 5.69 Å².